The number of anilines is 1. The van der Waals surface area contributed by atoms with Crippen LogP contribution in [0.3, 0.4) is 0 Å². The molecule has 1 aromatic carbocycles. The highest BCUT2D eigenvalue weighted by Crippen LogP contribution is 2.31. The van der Waals surface area contributed by atoms with Crippen molar-refractivity contribution in [2.45, 2.75) is 52.6 Å². The molecule has 3 N–H and O–H groups in total. The predicted molar refractivity (Wildman–Crippen MR) is 104 cm³/mol. The largest absolute Gasteiger partial charge is 0.481 e. The van der Waals surface area contributed by atoms with Crippen LogP contribution in [0.25, 0.3) is 0 Å². The van der Waals surface area contributed by atoms with Crippen LogP contribution in [0.1, 0.15) is 51.2 Å². The number of carbonyl (C=O) groups is 4. The van der Waals surface area contributed by atoms with Crippen LogP contribution in [0.15, 0.2) is 18.2 Å². The second kappa shape index (κ2) is 9.90. The van der Waals surface area contributed by atoms with E-state index in [1.165, 1.54) is 6.92 Å². The first kappa shape index (κ1) is 23.9. The number of carboxylic acid groups (broad SMARTS) is 2. The Morgan fingerprint density at radius 3 is 2.21 bits per heavy atom. The van der Waals surface area contributed by atoms with Gasteiger partial charge in [0.15, 0.2) is 0 Å². The minimum absolute atomic E-state index is 0.280. The van der Waals surface area contributed by atoms with Crippen molar-refractivity contribution < 1.29 is 38.9 Å². The number of hydrogen-bond donors (Lipinski definition) is 3. The summed E-state index contributed by atoms with van der Waals surface area (Å²) in [6, 6.07) is 4.75. The average molecular weight is 409 g/mol. The van der Waals surface area contributed by atoms with Gasteiger partial charge in [-0.15, -0.1) is 0 Å². The summed E-state index contributed by atoms with van der Waals surface area (Å²) >= 11 is 0. The Balaban J connectivity index is 3.17. The van der Waals surface area contributed by atoms with E-state index in [-0.39, 0.29) is 6.61 Å². The summed E-state index contributed by atoms with van der Waals surface area (Å²) in [5, 5.41) is 21.2. The van der Waals surface area contributed by atoms with Crippen LogP contribution >= 0.6 is 0 Å². The molecule has 29 heavy (non-hydrogen) atoms. The maximum absolute atomic E-state index is 12.0. The van der Waals surface area contributed by atoms with E-state index in [4.69, 9.17) is 14.6 Å². The van der Waals surface area contributed by atoms with Gasteiger partial charge >= 0.3 is 24.0 Å². The SMILES string of the molecule is CC(=O)OCC(c1ccc(NC(=O)OC(C)(C)C)c(C)c1)[C@H](CC(=O)O)C(=O)O. The fraction of sp³-hybridized carbons (Fsp3) is 0.500. The average Bonchev–Trinajstić information content (AvgIpc) is 2.53. The Kier molecular flexibility index (Phi) is 8.17. The van der Waals surface area contributed by atoms with Gasteiger partial charge in [-0.05, 0) is 44.9 Å². The highest BCUT2D eigenvalue weighted by molar-refractivity contribution is 5.86. The number of ether oxygens (including phenoxy) is 2. The van der Waals surface area contributed by atoms with Crippen molar-refractivity contribution in [3.63, 3.8) is 0 Å². The normalized spacial score (nSPS) is 13.1. The van der Waals surface area contributed by atoms with Crippen LogP contribution in [0.5, 0.6) is 0 Å². The van der Waals surface area contributed by atoms with Crippen molar-refractivity contribution in [2.24, 2.45) is 5.92 Å². The molecule has 0 aliphatic heterocycles. The predicted octanol–water partition coefficient (Wildman–Crippen LogP) is 3.16. The molecular weight excluding hydrogens is 382 g/mol. The lowest BCUT2D eigenvalue weighted by atomic mass is 9.83. The Bertz CT molecular complexity index is 781. The van der Waals surface area contributed by atoms with Gasteiger partial charge in [0.05, 0.1) is 18.9 Å². The number of aryl methyl sites for hydroxylation is 1. The maximum Gasteiger partial charge on any atom is 0.412 e. The van der Waals surface area contributed by atoms with Gasteiger partial charge in [-0.3, -0.25) is 19.7 Å². The van der Waals surface area contributed by atoms with Gasteiger partial charge in [-0.1, -0.05) is 12.1 Å². The molecule has 2 atom stereocenters. The Hall–Kier alpha value is -3.10. The molecule has 1 rings (SSSR count). The van der Waals surface area contributed by atoms with Gasteiger partial charge in [-0.2, -0.15) is 0 Å². The van der Waals surface area contributed by atoms with E-state index in [9.17, 15) is 24.3 Å². The summed E-state index contributed by atoms with van der Waals surface area (Å²) in [5.41, 5.74) is 0.880. The fourth-order valence-corrected chi connectivity index (χ4v) is 2.71. The molecule has 0 aliphatic carbocycles. The lowest BCUT2D eigenvalue weighted by Crippen LogP contribution is -2.29. The molecule has 0 bridgehead atoms. The smallest absolute Gasteiger partial charge is 0.412 e. The number of nitrogens with one attached hydrogen (secondary N) is 1. The summed E-state index contributed by atoms with van der Waals surface area (Å²) < 4.78 is 10.2. The minimum Gasteiger partial charge on any atom is -0.481 e. The molecule has 1 amide bonds. The molecule has 0 spiro atoms. The second-order valence-corrected chi connectivity index (χ2v) is 7.65. The first-order valence-corrected chi connectivity index (χ1v) is 8.98. The molecule has 0 heterocycles. The Morgan fingerprint density at radius 2 is 1.76 bits per heavy atom. The van der Waals surface area contributed by atoms with Gasteiger partial charge in [0.2, 0.25) is 0 Å². The molecule has 0 fully saturated rings. The van der Waals surface area contributed by atoms with E-state index in [2.05, 4.69) is 5.32 Å². The third kappa shape index (κ3) is 8.20. The van der Waals surface area contributed by atoms with Crippen molar-refractivity contribution in [2.75, 3.05) is 11.9 Å². The zero-order chi connectivity index (χ0) is 22.4. The van der Waals surface area contributed by atoms with E-state index in [1.807, 2.05) is 0 Å². The van der Waals surface area contributed by atoms with Gasteiger partial charge in [0.1, 0.15) is 5.60 Å². The lowest BCUT2D eigenvalue weighted by Gasteiger charge is -2.24. The zero-order valence-corrected chi connectivity index (χ0v) is 17.1. The molecular formula is C20H27NO8. The molecule has 0 aromatic heterocycles. The van der Waals surface area contributed by atoms with Gasteiger partial charge in [-0.25, -0.2) is 4.79 Å². The van der Waals surface area contributed by atoms with Crippen molar-refractivity contribution in [1.82, 2.24) is 0 Å². The number of rotatable bonds is 8. The quantitative estimate of drug-likeness (QED) is 0.556. The number of aliphatic carboxylic acids is 2. The topological polar surface area (TPSA) is 139 Å². The molecule has 0 aliphatic rings. The molecule has 0 saturated carbocycles. The minimum atomic E-state index is -1.31. The first-order chi connectivity index (χ1) is 13.3. The zero-order valence-electron chi connectivity index (χ0n) is 17.1. The van der Waals surface area contributed by atoms with E-state index >= 15 is 0 Å². The summed E-state index contributed by atoms with van der Waals surface area (Å²) in [4.78, 5) is 45.9. The van der Waals surface area contributed by atoms with Crippen LogP contribution < -0.4 is 5.32 Å². The van der Waals surface area contributed by atoms with Crippen LogP contribution in [0, 0.1) is 12.8 Å². The highest BCUT2D eigenvalue weighted by atomic mass is 16.6. The second-order valence-electron chi connectivity index (χ2n) is 7.65. The number of esters is 1. The molecule has 1 aromatic rings. The van der Waals surface area contributed by atoms with E-state index in [0.717, 1.165) is 0 Å². The molecule has 0 saturated heterocycles. The number of benzene rings is 1. The number of hydrogen-bond acceptors (Lipinski definition) is 6. The maximum atomic E-state index is 12.0. The first-order valence-electron chi connectivity index (χ1n) is 8.98. The molecule has 0 radical (unpaired) electrons. The van der Waals surface area contributed by atoms with Crippen LogP contribution in [0.4, 0.5) is 10.5 Å². The van der Waals surface area contributed by atoms with Gasteiger partial charge < -0.3 is 19.7 Å². The third-order valence-electron chi connectivity index (χ3n) is 3.98. The summed E-state index contributed by atoms with van der Waals surface area (Å²) in [6.45, 7) is 7.80. The number of carbonyl (C=O) groups excluding carboxylic acids is 2. The standard InChI is InChI=1S/C20H27NO8/c1-11-8-13(6-7-16(11)21-19(27)29-20(3,4)5)15(10-28-12(2)22)14(18(25)26)9-17(23)24/h6-8,14-15H,9-10H2,1-5H3,(H,21,27)(H,23,24)(H,25,26)/t14-,15?/m0/s1. The van der Waals surface area contributed by atoms with Crippen molar-refractivity contribution in [1.29, 1.82) is 0 Å². The third-order valence-corrected chi connectivity index (χ3v) is 3.98. The van der Waals surface area contributed by atoms with Crippen LogP contribution in [-0.2, 0) is 23.9 Å². The van der Waals surface area contributed by atoms with Crippen molar-refractivity contribution in [3.05, 3.63) is 29.3 Å². The van der Waals surface area contributed by atoms with Gasteiger partial charge in [0, 0.05) is 18.5 Å². The van der Waals surface area contributed by atoms with Crippen molar-refractivity contribution >= 4 is 29.7 Å². The van der Waals surface area contributed by atoms with Crippen molar-refractivity contribution in [3.8, 4) is 0 Å². The van der Waals surface area contributed by atoms with Gasteiger partial charge in [0.25, 0.3) is 0 Å². The number of amides is 1. The van der Waals surface area contributed by atoms with Crippen LogP contribution in [0.2, 0.25) is 0 Å². The Morgan fingerprint density at radius 1 is 1.14 bits per heavy atom. The van der Waals surface area contributed by atoms with E-state index in [1.54, 1.807) is 45.9 Å². The molecule has 9 nitrogen and oxygen atoms in total. The van der Waals surface area contributed by atoms with E-state index in [0.29, 0.717) is 16.8 Å². The lowest BCUT2D eigenvalue weighted by molar-refractivity contribution is -0.151. The highest BCUT2D eigenvalue weighted by Gasteiger charge is 2.33. The van der Waals surface area contributed by atoms with E-state index < -0.39 is 47.9 Å². The Labute approximate surface area is 169 Å². The number of carboxylic acids is 2. The fourth-order valence-electron chi connectivity index (χ4n) is 2.71. The molecule has 160 valence electrons. The molecule has 1 unspecified atom stereocenters. The molecule has 9 heteroatoms. The van der Waals surface area contributed by atoms with Crippen LogP contribution in [-0.4, -0.2) is 46.4 Å². The summed E-state index contributed by atoms with van der Waals surface area (Å²) in [7, 11) is 0. The summed E-state index contributed by atoms with van der Waals surface area (Å²) in [5.74, 6) is -5.35. The summed E-state index contributed by atoms with van der Waals surface area (Å²) in [6.07, 6.45) is -1.27. The monoisotopic (exact) mass is 409 g/mol.